The minimum atomic E-state index is -0.603. The lowest BCUT2D eigenvalue weighted by molar-refractivity contribution is -0.125. The number of primary amides is 1. The van der Waals surface area contributed by atoms with Gasteiger partial charge in [-0.15, -0.1) is 11.3 Å². The number of aliphatic imine (C=N–C) groups is 1. The minimum absolute atomic E-state index is 0.323. The fourth-order valence-corrected chi connectivity index (χ4v) is 2.47. The van der Waals surface area contributed by atoms with Crippen molar-refractivity contribution < 1.29 is 4.79 Å². The van der Waals surface area contributed by atoms with E-state index in [1.807, 2.05) is 20.8 Å². The maximum absolute atomic E-state index is 11.3. The lowest BCUT2D eigenvalue weighted by atomic mass is 9.93. The summed E-state index contributed by atoms with van der Waals surface area (Å²) in [6.45, 7) is 9.66. The van der Waals surface area contributed by atoms with Gasteiger partial charge in [0.15, 0.2) is 5.96 Å². The molecule has 21 heavy (non-hydrogen) atoms. The van der Waals surface area contributed by atoms with Gasteiger partial charge in [0.2, 0.25) is 5.91 Å². The van der Waals surface area contributed by atoms with Crippen LogP contribution in [0.25, 0.3) is 0 Å². The first kappa shape index (κ1) is 17.5. The Morgan fingerprint density at radius 2 is 1.95 bits per heavy atom. The largest absolute Gasteiger partial charge is 0.369 e. The van der Waals surface area contributed by atoms with Crippen molar-refractivity contribution in [3.63, 3.8) is 0 Å². The molecule has 0 saturated carbocycles. The van der Waals surface area contributed by atoms with Gasteiger partial charge in [0, 0.05) is 22.8 Å². The SMILES string of the molecule is CCNC(=NCc1ccc(CC)s1)NCC(C)(C)C(N)=O. The minimum Gasteiger partial charge on any atom is -0.369 e. The number of hydrogen-bond acceptors (Lipinski definition) is 3. The Labute approximate surface area is 131 Å². The van der Waals surface area contributed by atoms with E-state index in [0.29, 0.717) is 19.0 Å². The van der Waals surface area contributed by atoms with Crippen LogP contribution in [-0.2, 0) is 17.8 Å². The molecule has 0 aliphatic carbocycles. The molecule has 1 aromatic rings. The van der Waals surface area contributed by atoms with Crippen LogP contribution in [0.3, 0.4) is 0 Å². The van der Waals surface area contributed by atoms with E-state index in [0.717, 1.165) is 13.0 Å². The number of guanidine groups is 1. The van der Waals surface area contributed by atoms with Crippen LogP contribution in [0, 0.1) is 5.41 Å². The number of carbonyl (C=O) groups is 1. The molecule has 1 rings (SSSR count). The molecule has 0 aromatic carbocycles. The molecule has 5 nitrogen and oxygen atoms in total. The second kappa shape index (κ2) is 8.02. The topological polar surface area (TPSA) is 79.5 Å². The van der Waals surface area contributed by atoms with Crippen LogP contribution >= 0.6 is 11.3 Å². The van der Waals surface area contributed by atoms with E-state index >= 15 is 0 Å². The van der Waals surface area contributed by atoms with Crippen LogP contribution < -0.4 is 16.4 Å². The third-order valence-electron chi connectivity index (χ3n) is 3.17. The van der Waals surface area contributed by atoms with Crippen LogP contribution in [0.5, 0.6) is 0 Å². The highest BCUT2D eigenvalue weighted by Crippen LogP contribution is 2.17. The fraction of sp³-hybridized carbons (Fsp3) is 0.600. The van der Waals surface area contributed by atoms with E-state index in [4.69, 9.17) is 5.73 Å². The number of nitrogens with two attached hydrogens (primary N) is 1. The third-order valence-corrected chi connectivity index (χ3v) is 4.38. The predicted molar refractivity (Wildman–Crippen MR) is 89.5 cm³/mol. The van der Waals surface area contributed by atoms with Crippen LogP contribution in [-0.4, -0.2) is 25.0 Å². The first-order chi connectivity index (χ1) is 9.89. The fourth-order valence-electron chi connectivity index (χ4n) is 1.59. The van der Waals surface area contributed by atoms with Crippen molar-refractivity contribution in [3.8, 4) is 0 Å². The summed E-state index contributed by atoms with van der Waals surface area (Å²) in [4.78, 5) is 18.5. The molecule has 0 bridgehead atoms. The van der Waals surface area contributed by atoms with Crippen molar-refractivity contribution in [2.75, 3.05) is 13.1 Å². The zero-order valence-corrected chi connectivity index (χ0v) is 14.1. The third kappa shape index (κ3) is 5.75. The van der Waals surface area contributed by atoms with Crippen molar-refractivity contribution in [3.05, 3.63) is 21.9 Å². The van der Waals surface area contributed by atoms with Gasteiger partial charge in [-0.05, 0) is 39.3 Å². The van der Waals surface area contributed by atoms with E-state index in [-0.39, 0.29) is 5.91 Å². The normalized spacial score (nSPS) is 12.3. The lowest BCUT2D eigenvalue weighted by Crippen LogP contribution is -2.46. The van der Waals surface area contributed by atoms with E-state index in [1.54, 1.807) is 11.3 Å². The molecule has 0 radical (unpaired) electrons. The standard InChI is InChI=1S/C15H26N4OS/c1-5-11-7-8-12(21-11)9-18-14(17-6-2)19-10-15(3,4)13(16)20/h7-8H,5-6,9-10H2,1-4H3,(H2,16,20)(H2,17,18,19). The highest BCUT2D eigenvalue weighted by Gasteiger charge is 2.24. The maximum atomic E-state index is 11.3. The molecule has 0 fully saturated rings. The van der Waals surface area contributed by atoms with Crippen LogP contribution in [0.2, 0.25) is 0 Å². The summed E-state index contributed by atoms with van der Waals surface area (Å²) >= 11 is 1.78. The zero-order valence-electron chi connectivity index (χ0n) is 13.3. The van der Waals surface area contributed by atoms with Crippen LogP contribution in [0.1, 0.15) is 37.4 Å². The summed E-state index contributed by atoms with van der Waals surface area (Å²) < 4.78 is 0. The molecular formula is C15H26N4OS. The molecule has 0 aliphatic heterocycles. The average Bonchev–Trinajstić information content (AvgIpc) is 2.89. The molecule has 118 valence electrons. The molecule has 0 unspecified atom stereocenters. The Morgan fingerprint density at radius 3 is 2.48 bits per heavy atom. The van der Waals surface area contributed by atoms with Gasteiger partial charge in [0.25, 0.3) is 0 Å². The number of hydrogen-bond donors (Lipinski definition) is 3. The predicted octanol–water partition coefficient (Wildman–Crippen LogP) is 1.88. The lowest BCUT2D eigenvalue weighted by Gasteiger charge is -2.22. The smallest absolute Gasteiger partial charge is 0.224 e. The number of carbonyl (C=O) groups excluding carboxylic acids is 1. The van der Waals surface area contributed by atoms with E-state index in [2.05, 4.69) is 34.7 Å². The van der Waals surface area contributed by atoms with E-state index in [9.17, 15) is 4.79 Å². The molecule has 0 saturated heterocycles. The molecule has 1 aromatic heterocycles. The molecule has 1 amide bonds. The van der Waals surface area contributed by atoms with Crippen molar-refractivity contribution in [1.29, 1.82) is 0 Å². The van der Waals surface area contributed by atoms with E-state index < -0.39 is 5.41 Å². The van der Waals surface area contributed by atoms with Gasteiger partial charge in [0.05, 0.1) is 12.0 Å². The number of thiophene rings is 1. The van der Waals surface area contributed by atoms with Crippen molar-refractivity contribution in [1.82, 2.24) is 10.6 Å². The van der Waals surface area contributed by atoms with Gasteiger partial charge in [-0.25, -0.2) is 4.99 Å². The van der Waals surface area contributed by atoms with Gasteiger partial charge in [0.1, 0.15) is 0 Å². The average molecular weight is 310 g/mol. The zero-order chi connectivity index (χ0) is 15.9. The molecule has 0 atom stereocenters. The molecule has 6 heteroatoms. The summed E-state index contributed by atoms with van der Waals surface area (Å²) in [5.74, 6) is 0.384. The summed E-state index contributed by atoms with van der Waals surface area (Å²) in [5.41, 5.74) is 4.77. The summed E-state index contributed by atoms with van der Waals surface area (Å²) in [7, 11) is 0. The second-order valence-electron chi connectivity index (χ2n) is 5.52. The number of nitrogens with one attached hydrogen (secondary N) is 2. The summed E-state index contributed by atoms with van der Waals surface area (Å²) in [6, 6.07) is 4.26. The van der Waals surface area contributed by atoms with Gasteiger partial charge in [-0.3, -0.25) is 4.79 Å². The Kier molecular flexibility index (Phi) is 6.68. The number of aryl methyl sites for hydroxylation is 1. The van der Waals surface area contributed by atoms with Gasteiger partial charge >= 0.3 is 0 Å². The first-order valence-electron chi connectivity index (χ1n) is 7.28. The van der Waals surface area contributed by atoms with Gasteiger partial charge < -0.3 is 16.4 Å². The van der Waals surface area contributed by atoms with Crippen molar-refractivity contribution >= 4 is 23.2 Å². The summed E-state index contributed by atoms with van der Waals surface area (Å²) in [6.07, 6.45) is 1.06. The van der Waals surface area contributed by atoms with Crippen molar-refractivity contribution in [2.24, 2.45) is 16.1 Å². The first-order valence-corrected chi connectivity index (χ1v) is 8.10. The number of rotatable bonds is 7. The highest BCUT2D eigenvalue weighted by molar-refractivity contribution is 7.11. The van der Waals surface area contributed by atoms with Crippen LogP contribution in [0.4, 0.5) is 0 Å². The summed E-state index contributed by atoms with van der Waals surface area (Å²) in [5, 5.41) is 6.35. The second-order valence-corrected chi connectivity index (χ2v) is 6.77. The molecule has 0 spiro atoms. The molecule has 1 heterocycles. The van der Waals surface area contributed by atoms with E-state index in [1.165, 1.54) is 9.75 Å². The Hall–Kier alpha value is -1.56. The maximum Gasteiger partial charge on any atom is 0.224 e. The molecule has 4 N–H and O–H groups in total. The monoisotopic (exact) mass is 310 g/mol. The van der Waals surface area contributed by atoms with Crippen LogP contribution in [0.15, 0.2) is 17.1 Å². The Bertz CT molecular complexity index is 494. The number of amides is 1. The van der Waals surface area contributed by atoms with Gasteiger partial charge in [-0.2, -0.15) is 0 Å². The Morgan fingerprint density at radius 1 is 1.29 bits per heavy atom. The molecular weight excluding hydrogens is 284 g/mol. The highest BCUT2D eigenvalue weighted by atomic mass is 32.1. The molecule has 0 aliphatic rings. The quantitative estimate of drug-likeness (QED) is 0.531. The number of nitrogens with zero attached hydrogens (tertiary/aromatic N) is 1. The van der Waals surface area contributed by atoms with Gasteiger partial charge in [-0.1, -0.05) is 6.92 Å². The Balaban J connectivity index is 2.63. The van der Waals surface area contributed by atoms with Crippen molar-refractivity contribution in [2.45, 2.75) is 40.7 Å².